The number of benzene rings is 1. The predicted molar refractivity (Wildman–Crippen MR) is 65.3 cm³/mol. The number of rotatable bonds is 3. The smallest absolute Gasteiger partial charge is 0.259 e. The van der Waals surface area contributed by atoms with Crippen LogP contribution in [0.25, 0.3) is 10.9 Å². The number of methoxy groups -OCH3 is 1. The van der Waals surface area contributed by atoms with Crippen molar-refractivity contribution in [2.75, 3.05) is 12.9 Å². The second-order valence-corrected chi connectivity index (χ2v) is 4.44. The van der Waals surface area contributed by atoms with E-state index in [-0.39, 0.29) is 5.56 Å². The number of ether oxygens (including phenoxy) is 1. The first-order chi connectivity index (χ1) is 7.74. The number of fused-ring (bicyclic) bond motifs is 1. The molecule has 2 rings (SSSR count). The van der Waals surface area contributed by atoms with Crippen LogP contribution < -0.4 is 10.3 Å². The minimum absolute atomic E-state index is 0.125. The molecule has 0 amide bonds. The summed E-state index contributed by atoms with van der Waals surface area (Å²) in [4.78, 5) is 18.9. The monoisotopic (exact) mass is 236 g/mol. The normalized spacial score (nSPS) is 10.6. The van der Waals surface area contributed by atoms with Gasteiger partial charge in [-0.15, -0.1) is 0 Å². The molecular formula is C11H12N2O2S. The fourth-order valence-corrected chi connectivity index (χ4v) is 2.03. The molecule has 4 nitrogen and oxygen atoms in total. The molecule has 0 aliphatic rings. The Kier molecular flexibility index (Phi) is 3.14. The number of nitrogens with zero attached hydrogens (tertiary/aromatic N) is 1. The number of aromatic nitrogens is 2. The second kappa shape index (κ2) is 4.57. The van der Waals surface area contributed by atoms with E-state index >= 15 is 0 Å². The molecule has 0 bridgehead atoms. The van der Waals surface area contributed by atoms with Gasteiger partial charge in [-0.25, -0.2) is 4.98 Å². The van der Waals surface area contributed by atoms with Gasteiger partial charge in [-0.05, 0) is 24.0 Å². The van der Waals surface area contributed by atoms with Gasteiger partial charge in [0, 0.05) is 0 Å². The quantitative estimate of drug-likeness (QED) is 0.654. The lowest BCUT2D eigenvalue weighted by atomic mass is 10.2. The fraction of sp³-hybridized carbons (Fsp3) is 0.273. The summed E-state index contributed by atoms with van der Waals surface area (Å²) in [5.41, 5.74) is 0.570. The molecular weight excluding hydrogens is 224 g/mol. The molecule has 0 saturated heterocycles. The van der Waals surface area contributed by atoms with E-state index in [1.54, 1.807) is 25.3 Å². The van der Waals surface area contributed by atoms with Gasteiger partial charge >= 0.3 is 0 Å². The summed E-state index contributed by atoms with van der Waals surface area (Å²) in [6.45, 7) is 2.02. The zero-order valence-electron chi connectivity index (χ0n) is 9.11. The number of hydrogen-bond donors (Lipinski definition) is 1. The Bertz CT molecular complexity index is 565. The largest absolute Gasteiger partial charge is 0.497 e. The lowest BCUT2D eigenvalue weighted by Crippen LogP contribution is -2.09. The van der Waals surface area contributed by atoms with E-state index in [0.717, 1.165) is 5.75 Å². The van der Waals surface area contributed by atoms with Crippen LogP contribution >= 0.6 is 11.8 Å². The van der Waals surface area contributed by atoms with Crippen molar-refractivity contribution in [1.29, 1.82) is 0 Å². The van der Waals surface area contributed by atoms with Crippen LogP contribution in [0.15, 0.2) is 28.2 Å². The standard InChI is InChI=1S/C11H12N2O2S/c1-3-16-11-12-9-5-4-7(15-2)6-8(9)10(14)13-11/h4-6H,3H2,1-2H3,(H,12,13,14). The number of nitrogens with one attached hydrogen (secondary N) is 1. The van der Waals surface area contributed by atoms with Gasteiger partial charge < -0.3 is 9.72 Å². The Morgan fingerprint density at radius 2 is 2.31 bits per heavy atom. The Hall–Kier alpha value is -1.49. The molecule has 0 unspecified atom stereocenters. The van der Waals surface area contributed by atoms with Crippen LogP contribution in [0.3, 0.4) is 0 Å². The van der Waals surface area contributed by atoms with Gasteiger partial charge in [-0.2, -0.15) is 0 Å². The van der Waals surface area contributed by atoms with E-state index in [0.29, 0.717) is 21.8 Å². The lowest BCUT2D eigenvalue weighted by molar-refractivity contribution is 0.415. The first kappa shape index (κ1) is 11.0. The number of H-pyrrole nitrogens is 1. The van der Waals surface area contributed by atoms with Gasteiger partial charge in [0.05, 0.1) is 18.0 Å². The zero-order chi connectivity index (χ0) is 11.5. The summed E-state index contributed by atoms with van der Waals surface area (Å²) < 4.78 is 5.07. The molecule has 0 aliphatic carbocycles. The fourth-order valence-electron chi connectivity index (χ4n) is 1.43. The predicted octanol–water partition coefficient (Wildman–Crippen LogP) is 2.04. The average Bonchev–Trinajstić information content (AvgIpc) is 2.29. The van der Waals surface area contributed by atoms with Gasteiger partial charge in [0.2, 0.25) is 0 Å². The maximum absolute atomic E-state index is 11.8. The topological polar surface area (TPSA) is 55.0 Å². The Morgan fingerprint density at radius 3 is 3.00 bits per heavy atom. The number of thioether (sulfide) groups is 1. The molecule has 0 spiro atoms. The van der Waals surface area contributed by atoms with Crippen LogP contribution in [-0.2, 0) is 0 Å². The summed E-state index contributed by atoms with van der Waals surface area (Å²) >= 11 is 1.52. The first-order valence-electron chi connectivity index (χ1n) is 4.95. The third-order valence-corrected chi connectivity index (χ3v) is 2.93. The van der Waals surface area contributed by atoms with Gasteiger partial charge in [0.1, 0.15) is 5.75 Å². The van der Waals surface area contributed by atoms with E-state index in [9.17, 15) is 4.79 Å². The third-order valence-electron chi connectivity index (χ3n) is 2.17. The van der Waals surface area contributed by atoms with Gasteiger partial charge in [-0.1, -0.05) is 18.7 Å². The summed E-state index contributed by atoms with van der Waals surface area (Å²) in [6, 6.07) is 5.29. The van der Waals surface area contributed by atoms with E-state index in [4.69, 9.17) is 4.74 Å². The van der Waals surface area contributed by atoms with E-state index < -0.39 is 0 Å². The molecule has 5 heteroatoms. The summed E-state index contributed by atoms with van der Waals surface area (Å²) in [6.07, 6.45) is 0. The van der Waals surface area contributed by atoms with Crippen molar-refractivity contribution in [2.45, 2.75) is 12.1 Å². The molecule has 84 valence electrons. The van der Waals surface area contributed by atoms with Crippen LogP contribution in [0.5, 0.6) is 5.75 Å². The molecule has 0 aliphatic heterocycles. The van der Waals surface area contributed by atoms with E-state index in [2.05, 4.69) is 9.97 Å². The van der Waals surface area contributed by atoms with Crippen LogP contribution in [0.4, 0.5) is 0 Å². The number of aromatic amines is 1. The van der Waals surface area contributed by atoms with Crippen molar-refractivity contribution in [1.82, 2.24) is 9.97 Å². The second-order valence-electron chi connectivity index (χ2n) is 3.19. The van der Waals surface area contributed by atoms with E-state index in [1.807, 2.05) is 6.92 Å². The number of hydrogen-bond acceptors (Lipinski definition) is 4. The Labute approximate surface area is 97.0 Å². The average molecular weight is 236 g/mol. The van der Waals surface area contributed by atoms with Crippen LogP contribution in [0, 0.1) is 0 Å². The lowest BCUT2D eigenvalue weighted by Gasteiger charge is -2.03. The minimum Gasteiger partial charge on any atom is -0.497 e. The molecule has 0 radical (unpaired) electrons. The van der Waals surface area contributed by atoms with Crippen LogP contribution in [0.2, 0.25) is 0 Å². The molecule has 1 aromatic heterocycles. The summed E-state index contributed by atoms with van der Waals surface area (Å²) in [5.74, 6) is 1.54. The highest BCUT2D eigenvalue weighted by molar-refractivity contribution is 7.99. The highest BCUT2D eigenvalue weighted by atomic mass is 32.2. The Morgan fingerprint density at radius 1 is 1.50 bits per heavy atom. The molecule has 0 atom stereocenters. The molecule has 0 fully saturated rings. The zero-order valence-corrected chi connectivity index (χ0v) is 9.93. The van der Waals surface area contributed by atoms with Gasteiger partial charge in [-0.3, -0.25) is 4.79 Å². The molecule has 0 saturated carbocycles. The van der Waals surface area contributed by atoms with Crippen molar-refractivity contribution in [3.8, 4) is 5.75 Å². The molecule has 16 heavy (non-hydrogen) atoms. The van der Waals surface area contributed by atoms with Gasteiger partial charge in [0.25, 0.3) is 5.56 Å². The van der Waals surface area contributed by atoms with E-state index in [1.165, 1.54) is 11.8 Å². The highest BCUT2D eigenvalue weighted by Crippen LogP contribution is 2.18. The summed E-state index contributed by atoms with van der Waals surface area (Å²) in [5, 5.41) is 1.21. The molecule has 2 aromatic rings. The maximum atomic E-state index is 11.8. The van der Waals surface area contributed by atoms with Crippen molar-refractivity contribution >= 4 is 22.7 Å². The van der Waals surface area contributed by atoms with Gasteiger partial charge in [0.15, 0.2) is 5.16 Å². The Balaban J connectivity index is 2.62. The van der Waals surface area contributed by atoms with Crippen LogP contribution in [0.1, 0.15) is 6.92 Å². The molecule has 1 N–H and O–H groups in total. The van der Waals surface area contributed by atoms with Crippen molar-refractivity contribution in [2.24, 2.45) is 0 Å². The first-order valence-corrected chi connectivity index (χ1v) is 5.94. The third kappa shape index (κ3) is 2.04. The maximum Gasteiger partial charge on any atom is 0.259 e. The molecule has 1 aromatic carbocycles. The highest BCUT2D eigenvalue weighted by Gasteiger charge is 2.04. The minimum atomic E-state index is -0.125. The summed E-state index contributed by atoms with van der Waals surface area (Å²) in [7, 11) is 1.57. The van der Waals surface area contributed by atoms with Crippen molar-refractivity contribution < 1.29 is 4.74 Å². The SMILES string of the molecule is CCSc1nc2ccc(OC)cc2c(=O)[nH]1. The molecule has 1 heterocycles. The van der Waals surface area contributed by atoms with Crippen LogP contribution in [-0.4, -0.2) is 22.8 Å². The van der Waals surface area contributed by atoms with Crippen molar-refractivity contribution in [3.63, 3.8) is 0 Å². The van der Waals surface area contributed by atoms with Crippen molar-refractivity contribution in [3.05, 3.63) is 28.6 Å².